The van der Waals surface area contributed by atoms with Crippen molar-refractivity contribution in [2.45, 2.75) is 6.10 Å². The number of aliphatic hydroxyl groups excluding tert-OH is 1. The molecule has 2 heteroatoms. The summed E-state index contributed by atoms with van der Waals surface area (Å²) in [5, 5.41) is 8.50. The summed E-state index contributed by atoms with van der Waals surface area (Å²) >= 11 is 0. The van der Waals surface area contributed by atoms with E-state index in [0.717, 1.165) is 0 Å². The van der Waals surface area contributed by atoms with Gasteiger partial charge in [0.15, 0.2) is 5.78 Å². The van der Waals surface area contributed by atoms with E-state index in [-0.39, 0.29) is 5.78 Å². The molecule has 0 bridgehead atoms. The van der Waals surface area contributed by atoms with Crippen LogP contribution in [0.4, 0.5) is 0 Å². The number of aliphatic hydroxyl groups is 1. The van der Waals surface area contributed by atoms with Gasteiger partial charge < -0.3 is 5.11 Å². The average molecular weight is 96.1 g/mol. The van der Waals surface area contributed by atoms with E-state index < -0.39 is 6.10 Å². The van der Waals surface area contributed by atoms with Crippen molar-refractivity contribution in [3.63, 3.8) is 0 Å². The zero-order valence-electron chi connectivity index (χ0n) is 3.59. The molecule has 0 amide bonds. The highest BCUT2D eigenvalue weighted by atomic mass is 16.3. The lowest BCUT2D eigenvalue weighted by Gasteiger charge is -1.89. The van der Waals surface area contributed by atoms with Gasteiger partial charge in [-0.25, -0.2) is 0 Å². The van der Waals surface area contributed by atoms with Crippen LogP contribution in [-0.4, -0.2) is 17.0 Å². The lowest BCUT2D eigenvalue weighted by Crippen LogP contribution is -2.10. The van der Waals surface area contributed by atoms with Crippen molar-refractivity contribution in [2.24, 2.45) is 0 Å². The van der Waals surface area contributed by atoms with Gasteiger partial charge in [0, 0.05) is 0 Å². The van der Waals surface area contributed by atoms with Crippen LogP contribution in [0.25, 0.3) is 0 Å². The molecule has 0 aromatic rings. The Kier molecular flexibility index (Phi) is 0.947. The van der Waals surface area contributed by atoms with Crippen LogP contribution >= 0.6 is 0 Å². The summed E-state index contributed by atoms with van der Waals surface area (Å²) in [7, 11) is 0. The summed E-state index contributed by atoms with van der Waals surface area (Å²) in [5.74, 6) is -0.278. The molecule has 1 rings (SSSR count). The standard InChI is InChI=1S/C5H4O2/c6-4-2-1-3-5(4)7/h2-4,6H. The van der Waals surface area contributed by atoms with Gasteiger partial charge in [0.05, 0.1) is 6.42 Å². The quantitative estimate of drug-likeness (QED) is 0.441. The van der Waals surface area contributed by atoms with Crippen molar-refractivity contribution in [1.29, 1.82) is 0 Å². The third kappa shape index (κ3) is 0.695. The van der Waals surface area contributed by atoms with Gasteiger partial charge in [-0.2, -0.15) is 0 Å². The van der Waals surface area contributed by atoms with Crippen LogP contribution in [0.1, 0.15) is 0 Å². The minimum atomic E-state index is -0.917. The highest BCUT2D eigenvalue weighted by Crippen LogP contribution is 2.00. The maximum absolute atomic E-state index is 10.2. The first-order valence-corrected chi connectivity index (χ1v) is 1.95. The molecule has 1 N–H and O–H groups in total. The van der Waals surface area contributed by atoms with Gasteiger partial charge in [0.1, 0.15) is 6.10 Å². The van der Waals surface area contributed by atoms with Crippen LogP contribution in [-0.2, 0) is 4.79 Å². The molecular formula is C5H4O2. The minimum Gasteiger partial charge on any atom is -0.381 e. The van der Waals surface area contributed by atoms with Crippen LogP contribution in [0.15, 0.2) is 6.08 Å². The minimum absolute atomic E-state index is 0.278. The van der Waals surface area contributed by atoms with E-state index in [2.05, 4.69) is 6.08 Å². The zero-order chi connectivity index (χ0) is 5.28. The summed E-state index contributed by atoms with van der Waals surface area (Å²) in [4.78, 5) is 10.2. The van der Waals surface area contributed by atoms with E-state index in [0.29, 0.717) is 0 Å². The van der Waals surface area contributed by atoms with E-state index in [1.807, 2.05) is 0 Å². The molecule has 1 aliphatic rings. The Hall–Kier alpha value is -0.630. The topological polar surface area (TPSA) is 37.3 Å². The van der Waals surface area contributed by atoms with Gasteiger partial charge in [-0.15, -0.1) is 0 Å². The fourth-order valence-corrected chi connectivity index (χ4v) is 0.389. The van der Waals surface area contributed by atoms with Crippen LogP contribution in [0.2, 0.25) is 0 Å². The van der Waals surface area contributed by atoms with Crippen LogP contribution in [0.5, 0.6) is 0 Å². The second-order valence-electron chi connectivity index (χ2n) is 1.32. The van der Waals surface area contributed by atoms with Crippen LogP contribution < -0.4 is 0 Å². The Labute approximate surface area is 41.5 Å². The normalized spacial score (nSPS) is 29.3. The smallest absolute Gasteiger partial charge is 0.173 e. The van der Waals surface area contributed by atoms with E-state index in [1.54, 1.807) is 0 Å². The first-order chi connectivity index (χ1) is 3.30. The molecule has 0 heterocycles. The van der Waals surface area contributed by atoms with E-state index in [9.17, 15) is 4.79 Å². The monoisotopic (exact) mass is 96.0 g/mol. The third-order valence-electron chi connectivity index (χ3n) is 0.771. The Balaban J connectivity index is 2.62. The number of carbonyl (C=O) groups excluding carboxylic acids is 1. The molecule has 0 fully saturated rings. The van der Waals surface area contributed by atoms with Gasteiger partial charge in [-0.05, 0) is 12.2 Å². The van der Waals surface area contributed by atoms with Gasteiger partial charge >= 0.3 is 0 Å². The molecule has 0 saturated heterocycles. The van der Waals surface area contributed by atoms with Gasteiger partial charge in [0.25, 0.3) is 0 Å². The fraction of sp³-hybridized carbons (Fsp3) is 0.200. The number of rotatable bonds is 0. The first kappa shape index (κ1) is 4.53. The molecule has 1 atom stereocenters. The molecule has 2 nitrogen and oxygen atoms in total. The lowest BCUT2D eigenvalue weighted by atomic mass is 10.3. The van der Waals surface area contributed by atoms with Crippen molar-refractivity contribution in [2.75, 3.05) is 0 Å². The van der Waals surface area contributed by atoms with Crippen molar-refractivity contribution in [3.8, 4) is 0 Å². The second-order valence-corrected chi connectivity index (χ2v) is 1.32. The summed E-state index contributed by atoms with van der Waals surface area (Å²) < 4.78 is 0. The summed E-state index contributed by atoms with van der Waals surface area (Å²) in [6, 6.07) is 0. The van der Waals surface area contributed by atoms with Crippen LogP contribution in [0.3, 0.4) is 0 Å². The molecule has 7 heavy (non-hydrogen) atoms. The Morgan fingerprint density at radius 1 is 1.86 bits per heavy atom. The molecule has 0 aliphatic heterocycles. The van der Waals surface area contributed by atoms with Crippen molar-refractivity contribution in [3.05, 3.63) is 18.6 Å². The Morgan fingerprint density at radius 3 is 2.71 bits per heavy atom. The highest BCUT2D eigenvalue weighted by molar-refractivity contribution is 5.95. The Bertz CT molecular complexity index is 115. The number of hydrogen-bond donors (Lipinski definition) is 1. The maximum Gasteiger partial charge on any atom is 0.173 e. The lowest BCUT2D eigenvalue weighted by molar-refractivity contribution is -0.120. The second kappa shape index (κ2) is 1.46. The number of Topliss-reactive ketones (excluding diaryl/α,β-unsaturated/α-hetero) is 1. The van der Waals surface area contributed by atoms with Gasteiger partial charge in [-0.3, -0.25) is 4.79 Å². The van der Waals surface area contributed by atoms with Crippen molar-refractivity contribution < 1.29 is 9.90 Å². The maximum atomic E-state index is 10.2. The summed E-state index contributed by atoms with van der Waals surface area (Å²) in [6.45, 7) is 0. The molecule has 0 aromatic carbocycles. The molecule has 1 aliphatic carbocycles. The van der Waals surface area contributed by atoms with E-state index in [4.69, 9.17) is 5.11 Å². The number of ketones is 1. The fourth-order valence-electron chi connectivity index (χ4n) is 0.389. The van der Waals surface area contributed by atoms with Gasteiger partial charge in [-0.1, -0.05) is 0 Å². The first-order valence-electron chi connectivity index (χ1n) is 1.95. The molecule has 1 unspecified atom stereocenters. The van der Waals surface area contributed by atoms with Crippen LogP contribution in [0, 0.1) is 12.5 Å². The highest BCUT2D eigenvalue weighted by Gasteiger charge is 2.15. The molecule has 0 aromatic heterocycles. The predicted octanol–water partition coefficient (Wildman–Crippen LogP) is -0.506. The van der Waals surface area contributed by atoms with Gasteiger partial charge in [0.2, 0.25) is 0 Å². The summed E-state index contributed by atoms with van der Waals surface area (Å²) in [5.41, 5.74) is 0. The van der Waals surface area contributed by atoms with Crippen molar-refractivity contribution >= 4 is 5.78 Å². The number of allylic oxidation sites excluding steroid dienone is 1. The summed E-state index contributed by atoms with van der Waals surface area (Å²) in [6.07, 6.45) is 4.10. The van der Waals surface area contributed by atoms with Crippen molar-refractivity contribution in [1.82, 2.24) is 0 Å². The third-order valence-corrected chi connectivity index (χ3v) is 0.771. The molecule has 2 radical (unpaired) electrons. The molecule has 36 valence electrons. The SMILES string of the molecule is O=C1[CH][C]=CC1O. The predicted molar refractivity (Wildman–Crippen MR) is 23.1 cm³/mol. The number of carbonyl (C=O) groups is 1. The molecule has 0 saturated carbocycles. The zero-order valence-corrected chi connectivity index (χ0v) is 3.59. The molecule has 0 spiro atoms. The average Bonchev–Trinajstić information content (AvgIpc) is 1.91. The largest absolute Gasteiger partial charge is 0.381 e. The van der Waals surface area contributed by atoms with E-state index in [1.165, 1.54) is 12.5 Å². The molecular weight excluding hydrogens is 92.1 g/mol. The Morgan fingerprint density at radius 2 is 2.57 bits per heavy atom. The number of hydrogen-bond acceptors (Lipinski definition) is 2. The van der Waals surface area contributed by atoms with E-state index >= 15 is 0 Å².